The summed E-state index contributed by atoms with van der Waals surface area (Å²) in [6.45, 7) is 3.18. The Balaban J connectivity index is 2.01. The normalized spacial score (nSPS) is 21.5. The number of hydrogen-bond donors (Lipinski definition) is 2. The highest BCUT2D eigenvalue weighted by molar-refractivity contribution is 7.91. The number of nitrogens with zero attached hydrogens (tertiary/aromatic N) is 2. The van der Waals surface area contributed by atoms with Gasteiger partial charge < -0.3 is 10.6 Å². The first-order chi connectivity index (χ1) is 9.79. The summed E-state index contributed by atoms with van der Waals surface area (Å²) in [5.41, 5.74) is 5.51. The fourth-order valence-corrected chi connectivity index (χ4v) is 4.66. The van der Waals surface area contributed by atoms with Gasteiger partial charge in [-0.25, -0.2) is 13.1 Å². The van der Waals surface area contributed by atoms with Crippen LogP contribution in [0.3, 0.4) is 0 Å². The van der Waals surface area contributed by atoms with E-state index in [2.05, 4.69) is 14.5 Å². The minimum absolute atomic E-state index is 0.175. The monoisotopic (exact) mass is 348 g/mol. The van der Waals surface area contributed by atoms with Crippen molar-refractivity contribution in [3.8, 4) is 0 Å². The summed E-state index contributed by atoms with van der Waals surface area (Å²) in [6.07, 6.45) is 0. The zero-order valence-electron chi connectivity index (χ0n) is 12.1. The first kappa shape index (κ1) is 16.8. The van der Waals surface area contributed by atoms with Crippen LogP contribution >= 0.6 is 23.6 Å². The molecule has 0 aromatic carbocycles. The van der Waals surface area contributed by atoms with Crippen LogP contribution in [0.1, 0.15) is 4.88 Å². The van der Waals surface area contributed by atoms with Crippen molar-refractivity contribution in [2.45, 2.75) is 10.3 Å². The van der Waals surface area contributed by atoms with E-state index >= 15 is 0 Å². The minimum atomic E-state index is -3.51. The maximum atomic E-state index is 12.3. The zero-order chi connectivity index (χ0) is 15.6. The Hall–Kier alpha value is -0.580. The van der Waals surface area contributed by atoms with Crippen molar-refractivity contribution in [3.05, 3.63) is 17.0 Å². The van der Waals surface area contributed by atoms with Gasteiger partial charge in [-0.2, -0.15) is 0 Å². The fraction of sp³-hybridized carbons (Fsp3) is 0.583. The van der Waals surface area contributed by atoms with Crippen LogP contribution in [-0.4, -0.2) is 69.5 Å². The first-order valence-electron chi connectivity index (χ1n) is 6.57. The number of rotatable bonds is 5. The third-order valence-electron chi connectivity index (χ3n) is 3.58. The average molecular weight is 349 g/mol. The van der Waals surface area contributed by atoms with E-state index in [0.29, 0.717) is 11.4 Å². The lowest BCUT2D eigenvalue weighted by molar-refractivity contribution is 0.117. The lowest BCUT2D eigenvalue weighted by Crippen LogP contribution is -2.54. The highest BCUT2D eigenvalue weighted by atomic mass is 32.2. The fourth-order valence-electron chi connectivity index (χ4n) is 2.20. The van der Waals surface area contributed by atoms with Crippen molar-refractivity contribution in [1.29, 1.82) is 0 Å². The lowest BCUT2D eigenvalue weighted by atomic mass is 10.2. The van der Waals surface area contributed by atoms with E-state index in [1.165, 1.54) is 6.07 Å². The van der Waals surface area contributed by atoms with E-state index in [-0.39, 0.29) is 15.2 Å². The van der Waals surface area contributed by atoms with Gasteiger partial charge in [0.2, 0.25) is 10.0 Å². The van der Waals surface area contributed by atoms with E-state index in [0.717, 1.165) is 31.0 Å². The smallest absolute Gasteiger partial charge is 0.250 e. The van der Waals surface area contributed by atoms with Crippen LogP contribution in [0.2, 0.25) is 0 Å². The SMILES string of the molecule is CN1CCN(C)C(CNS(=O)(=O)c2ccc(C(N)=S)s2)C1. The van der Waals surface area contributed by atoms with Gasteiger partial charge in [0, 0.05) is 32.2 Å². The molecule has 2 heterocycles. The topological polar surface area (TPSA) is 78.7 Å². The second-order valence-electron chi connectivity index (χ2n) is 5.23. The van der Waals surface area contributed by atoms with Gasteiger partial charge >= 0.3 is 0 Å². The average Bonchev–Trinajstić information content (AvgIpc) is 2.90. The quantitative estimate of drug-likeness (QED) is 0.724. The number of thiophene rings is 1. The molecule has 1 fully saturated rings. The molecule has 1 aliphatic rings. The Morgan fingerprint density at radius 3 is 2.81 bits per heavy atom. The summed E-state index contributed by atoms with van der Waals surface area (Å²) in [5.74, 6) is 0. The number of nitrogens with two attached hydrogens (primary N) is 1. The van der Waals surface area contributed by atoms with E-state index in [9.17, 15) is 8.42 Å². The molecule has 3 N–H and O–H groups in total. The minimum Gasteiger partial charge on any atom is -0.389 e. The maximum absolute atomic E-state index is 12.3. The van der Waals surface area contributed by atoms with Gasteiger partial charge in [-0.1, -0.05) is 12.2 Å². The van der Waals surface area contributed by atoms with Crippen molar-refractivity contribution in [2.75, 3.05) is 40.3 Å². The van der Waals surface area contributed by atoms with E-state index in [1.54, 1.807) is 6.07 Å². The number of sulfonamides is 1. The van der Waals surface area contributed by atoms with Gasteiger partial charge in [-0.05, 0) is 26.2 Å². The van der Waals surface area contributed by atoms with Crippen LogP contribution in [-0.2, 0) is 10.0 Å². The second kappa shape index (κ2) is 6.67. The molecule has 0 bridgehead atoms. The van der Waals surface area contributed by atoms with Crippen LogP contribution in [0, 0.1) is 0 Å². The highest BCUT2D eigenvalue weighted by Gasteiger charge is 2.25. The van der Waals surface area contributed by atoms with Crippen molar-refractivity contribution in [3.63, 3.8) is 0 Å². The Kier molecular flexibility index (Phi) is 5.33. The Labute approximate surface area is 135 Å². The van der Waals surface area contributed by atoms with Crippen molar-refractivity contribution >= 4 is 38.6 Å². The maximum Gasteiger partial charge on any atom is 0.250 e. The summed E-state index contributed by atoms with van der Waals surface area (Å²) < 4.78 is 27.5. The van der Waals surface area contributed by atoms with Gasteiger partial charge in [0.15, 0.2) is 0 Å². The lowest BCUT2D eigenvalue weighted by Gasteiger charge is -2.37. The molecule has 1 unspecified atom stereocenters. The number of thiocarbonyl (C=S) groups is 1. The molecule has 0 radical (unpaired) electrons. The molecule has 0 amide bonds. The molecule has 21 heavy (non-hydrogen) atoms. The molecular weight excluding hydrogens is 328 g/mol. The molecule has 9 heteroatoms. The van der Waals surface area contributed by atoms with Crippen LogP contribution in [0.5, 0.6) is 0 Å². The van der Waals surface area contributed by atoms with Gasteiger partial charge in [0.25, 0.3) is 0 Å². The van der Waals surface area contributed by atoms with Crippen molar-refractivity contribution < 1.29 is 8.42 Å². The Bertz CT molecular complexity index is 614. The molecule has 118 valence electrons. The molecule has 1 aromatic rings. The number of piperazine rings is 1. The molecule has 0 aliphatic carbocycles. The van der Waals surface area contributed by atoms with Crippen molar-refractivity contribution in [2.24, 2.45) is 5.73 Å². The van der Waals surface area contributed by atoms with Crippen LogP contribution in [0.25, 0.3) is 0 Å². The molecule has 1 aliphatic heterocycles. The summed E-state index contributed by atoms with van der Waals surface area (Å²) >= 11 is 5.95. The van der Waals surface area contributed by atoms with E-state index in [1.807, 2.05) is 14.1 Å². The summed E-state index contributed by atoms with van der Waals surface area (Å²) in [7, 11) is 0.555. The van der Waals surface area contributed by atoms with Crippen LogP contribution in [0.4, 0.5) is 0 Å². The number of nitrogens with one attached hydrogen (secondary N) is 1. The third kappa shape index (κ3) is 4.21. The highest BCUT2D eigenvalue weighted by Crippen LogP contribution is 2.21. The summed E-state index contributed by atoms with van der Waals surface area (Å²) in [4.78, 5) is 5.21. The predicted octanol–water partition coefficient (Wildman–Crippen LogP) is -0.0936. The Morgan fingerprint density at radius 1 is 1.48 bits per heavy atom. The van der Waals surface area contributed by atoms with Gasteiger partial charge in [0.1, 0.15) is 9.20 Å². The molecule has 0 spiro atoms. The Morgan fingerprint density at radius 2 is 2.19 bits per heavy atom. The molecule has 2 rings (SSSR count). The predicted molar refractivity (Wildman–Crippen MR) is 89.3 cm³/mol. The summed E-state index contributed by atoms with van der Waals surface area (Å²) in [6, 6.07) is 3.36. The summed E-state index contributed by atoms with van der Waals surface area (Å²) in [5, 5.41) is 0. The van der Waals surface area contributed by atoms with Crippen molar-refractivity contribution in [1.82, 2.24) is 14.5 Å². The van der Waals surface area contributed by atoms with Gasteiger partial charge in [0.05, 0.1) is 4.88 Å². The first-order valence-corrected chi connectivity index (χ1v) is 9.28. The van der Waals surface area contributed by atoms with E-state index in [4.69, 9.17) is 18.0 Å². The molecule has 6 nitrogen and oxygen atoms in total. The molecule has 1 saturated heterocycles. The molecule has 1 atom stereocenters. The van der Waals surface area contributed by atoms with E-state index < -0.39 is 10.0 Å². The zero-order valence-corrected chi connectivity index (χ0v) is 14.5. The molecular formula is C12H20N4O2S3. The number of hydrogen-bond acceptors (Lipinski definition) is 6. The largest absolute Gasteiger partial charge is 0.389 e. The standard InChI is InChI=1S/C12H20N4O2S3/c1-15-5-6-16(2)9(8-15)7-14-21(17,18)11-4-3-10(20-11)12(13)19/h3-4,9,14H,5-8H2,1-2H3,(H2,13,19). The molecule has 1 aromatic heterocycles. The van der Waals surface area contributed by atoms with Gasteiger partial charge in [-0.3, -0.25) is 4.90 Å². The third-order valence-corrected chi connectivity index (χ3v) is 6.96. The van der Waals surface area contributed by atoms with Crippen LogP contribution < -0.4 is 10.5 Å². The molecule has 0 saturated carbocycles. The van der Waals surface area contributed by atoms with Crippen LogP contribution in [0.15, 0.2) is 16.3 Å². The number of likely N-dealkylation sites (N-methyl/N-ethyl adjacent to an activating group) is 2. The van der Waals surface area contributed by atoms with Gasteiger partial charge in [-0.15, -0.1) is 11.3 Å². The second-order valence-corrected chi connectivity index (χ2v) is 8.75.